The highest BCUT2D eigenvalue weighted by atomic mass is 15.3. The van der Waals surface area contributed by atoms with Crippen LogP contribution in [-0.2, 0) is 0 Å². The van der Waals surface area contributed by atoms with Gasteiger partial charge >= 0.3 is 0 Å². The first-order valence-electron chi connectivity index (χ1n) is 8.72. The van der Waals surface area contributed by atoms with Crippen molar-refractivity contribution in [3.05, 3.63) is 18.5 Å². The Balaban J connectivity index is 1.45. The summed E-state index contributed by atoms with van der Waals surface area (Å²) in [6.45, 7) is 4.18. The van der Waals surface area contributed by atoms with Gasteiger partial charge in [0.1, 0.15) is 0 Å². The predicted molar refractivity (Wildman–Crippen MR) is 93.4 cm³/mol. The number of nitrogens with two attached hydrogens (primary N) is 1. The molecule has 1 aliphatic carbocycles. The number of aliphatic imine (C=N–C) groups is 1. The minimum absolute atomic E-state index is 0.246. The second kappa shape index (κ2) is 7.95. The molecule has 0 atom stereocenters. The number of piperazine rings is 1. The lowest BCUT2D eigenvalue weighted by atomic mass is 9.83. The fourth-order valence-corrected chi connectivity index (χ4v) is 3.39. The molecular formula is C17H25N7. The average Bonchev–Trinajstić information content (AvgIpc) is 2.67. The Morgan fingerprint density at radius 3 is 2.46 bits per heavy atom. The van der Waals surface area contributed by atoms with Crippen molar-refractivity contribution in [3.63, 3.8) is 0 Å². The third-order valence-electron chi connectivity index (χ3n) is 4.98. The standard InChI is InChI=1S/C17H25N7/c18-12-14-2-4-15(5-3-14)13-22-16(19)23-8-10-24(11-9-23)17-20-6-1-7-21-17/h1,6-7,14-15H,2-5,8-11,13H2,(H2,19,22). The molecule has 1 aromatic rings. The van der Waals surface area contributed by atoms with Crippen LogP contribution in [0.5, 0.6) is 0 Å². The summed E-state index contributed by atoms with van der Waals surface area (Å²) in [5.41, 5.74) is 6.18. The van der Waals surface area contributed by atoms with E-state index in [1.165, 1.54) is 0 Å². The van der Waals surface area contributed by atoms with Crippen molar-refractivity contribution in [1.29, 1.82) is 5.26 Å². The molecule has 7 nitrogen and oxygen atoms in total. The molecule has 2 heterocycles. The zero-order chi connectivity index (χ0) is 16.8. The van der Waals surface area contributed by atoms with Crippen LogP contribution in [-0.4, -0.2) is 53.6 Å². The van der Waals surface area contributed by atoms with Gasteiger partial charge < -0.3 is 15.5 Å². The normalized spacial score (nSPS) is 25.4. The topological polar surface area (TPSA) is 94.4 Å². The van der Waals surface area contributed by atoms with E-state index in [0.29, 0.717) is 11.9 Å². The van der Waals surface area contributed by atoms with Crippen LogP contribution in [0.3, 0.4) is 0 Å². The minimum Gasteiger partial charge on any atom is -0.370 e. The third kappa shape index (κ3) is 4.13. The summed E-state index contributed by atoms with van der Waals surface area (Å²) in [6.07, 6.45) is 7.73. The molecule has 2 fully saturated rings. The Morgan fingerprint density at radius 2 is 1.83 bits per heavy atom. The number of hydrogen-bond donors (Lipinski definition) is 1. The molecule has 0 aromatic carbocycles. The number of anilines is 1. The first-order chi connectivity index (χ1) is 11.8. The molecule has 7 heteroatoms. The van der Waals surface area contributed by atoms with Gasteiger partial charge in [-0.1, -0.05) is 0 Å². The predicted octanol–water partition coefficient (Wildman–Crippen LogP) is 1.24. The van der Waals surface area contributed by atoms with Gasteiger partial charge in [0, 0.05) is 51.0 Å². The molecule has 0 bridgehead atoms. The van der Waals surface area contributed by atoms with E-state index in [4.69, 9.17) is 11.0 Å². The first-order valence-corrected chi connectivity index (χ1v) is 8.72. The number of nitrogens with zero attached hydrogens (tertiary/aromatic N) is 6. The number of hydrogen-bond acceptors (Lipinski definition) is 5. The van der Waals surface area contributed by atoms with Crippen LogP contribution in [0.2, 0.25) is 0 Å². The van der Waals surface area contributed by atoms with Crippen LogP contribution in [0.15, 0.2) is 23.5 Å². The van der Waals surface area contributed by atoms with E-state index >= 15 is 0 Å². The van der Waals surface area contributed by atoms with Gasteiger partial charge in [0.15, 0.2) is 5.96 Å². The van der Waals surface area contributed by atoms with E-state index in [1.807, 2.05) is 6.07 Å². The molecule has 1 aliphatic heterocycles. The SMILES string of the molecule is N#CC1CCC(CN=C(N)N2CCN(c3ncccn3)CC2)CC1. The smallest absolute Gasteiger partial charge is 0.225 e. The molecule has 0 amide bonds. The van der Waals surface area contributed by atoms with Crippen molar-refractivity contribution in [3.8, 4) is 6.07 Å². The fraction of sp³-hybridized carbons (Fsp3) is 0.647. The maximum atomic E-state index is 8.95. The molecule has 0 spiro atoms. The van der Waals surface area contributed by atoms with Crippen LogP contribution in [0.1, 0.15) is 25.7 Å². The van der Waals surface area contributed by atoms with Gasteiger partial charge in [-0.15, -0.1) is 0 Å². The first kappa shape index (κ1) is 16.5. The summed E-state index contributed by atoms with van der Waals surface area (Å²) in [4.78, 5) is 17.5. The maximum absolute atomic E-state index is 8.95. The van der Waals surface area contributed by atoms with Crippen molar-refractivity contribution >= 4 is 11.9 Å². The summed E-state index contributed by atoms with van der Waals surface area (Å²) in [7, 11) is 0. The van der Waals surface area contributed by atoms with Gasteiger partial charge in [-0.25, -0.2) is 9.97 Å². The van der Waals surface area contributed by atoms with E-state index in [9.17, 15) is 0 Å². The fourth-order valence-electron chi connectivity index (χ4n) is 3.39. The molecule has 3 rings (SSSR count). The highest BCUT2D eigenvalue weighted by Gasteiger charge is 2.22. The Morgan fingerprint density at radius 1 is 1.17 bits per heavy atom. The van der Waals surface area contributed by atoms with Crippen molar-refractivity contribution in [1.82, 2.24) is 14.9 Å². The molecular weight excluding hydrogens is 302 g/mol. The van der Waals surface area contributed by atoms with E-state index in [0.717, 1.165) is 64.4 Å². The summed E-state index contributed by atoms with van der Waals surface area (Å²) in [5.74, 6) is 2.25. The van der Waals surface area contributed by atoms with Gasteiger partial charge in [0.25, 0.3) is 0 Å². The third-order valence-corrected chi connectivity index (χ3v) is 4.98. The van der Waals surface area contributed by atoms with Crippen LogP contribution >= 0.6 is 0 Å². The lowest BCUT2D eigenvalue weighted by Gasteiger charge is -2.35. The number of guanidine groups is 1. The zero-order valence-corrected chi connectivity index (χ0v) is 14.0. The van der Waals surface area contributed by atoms with Gasteiger partial charge in [-0.05, 0) is 37.7 Å². The van der Waals surface area contributed by atoms with Gasteiger partial charge in [0.05, 0.1) is 6.07 Å². The number of rotatable bonds is 3. The van der Waals surface area contributed by atoms with E-state index in [-0.39, 0.29) is 5.92 Å². The minimum atomic E-state index is 0.246. The summed E-state index contributed by atoms with van der Waals surface area (Å²) in [5, 5.41) is 8.95. The summed E-state index contributed by atoms with van der Waals surface area (Å²) in [6, 6.07) is 4.20. The highest BCUT2D eigenvalue weighted by molar-refractivity contribution is 5.78. The van der Waals surface area contributed by atoms with Crippen molar-refractivity contribution < 1.29 is 0 Å². The summed E-state index contributed by atoms with van der Waals surface area (Å²) >= 11 is 0. The summed E-state index contributed by atoms with van der Waals surface area (Å²) < 4.78 is 0. The molecule has 2 aliphatic rings. The largest absolute Gasteiger partial charge is 0.370 e. The Hall–Kier alpha value is -2.36. The van der Waals surface area contributed by atoms with Gasteiger partial charge in [0.2, 0.25) is 5.95 Å². The molecule has 128 valence electrons. The van der Waals surface area contributed by atoms with Crippen LogP contribution in [0.4, 0.5) is 5.95 Å². The van der Waals surface area contributed by atoms with Crippen LogP contribution in [0, 0.1) is 23.2 Å². The molecule has 1 saturated carbocycles. The second-order valence-electron chi connectivity index (χ2n) is 6.57. The highest BCUT2D eigenvalue weighted by Crippen LogP contribution is 2.28. The van der Waals surface area contributed by atoms with Crippen molar-refractivity contribution in [2.24, 2.45) is 22.6 Å². The second-order valence-corrected chi connectivity index (χ2v) is 6.57. The Labute approximate surface area is 143 Å². The molecule has 1 saturated heterocycles. The average molecular weight is 327 g/mol. The van der Waals surface area contributed by atoms with E-state index in [1.54, 1.807) is 12.4 Å². The van der Waals surface area contributed by atoms with E-state index in [2.05, 4.69) is 30.8 Å². The molecule has 2 N–H and O–H groups in total. The van der Waals surface area contributed by atoms with Crippen LogP contribution in [0.25, 0.3) is 0 Å². The Kier molecular flexibility index (Phi) is 5.47. The van der Waals surface area contributed by atoms with Crippen molar-refractivity contribution in [2.75, 3.05) is 37.6 Å². The number of nitriles is 1. The van der Waals surface area contributed by atoms with Crippen LogP contribution < -0.4 is 10.6 Å². The lowest BCUT2D eigenvalue weighted by Crippen LogP contribution is -2.51. The quantitative estimate of drug-likeness (QED) is 0.663. The molecule has 1 aromatic heterocycles. The van der Waals surface area contributed by atoms with Gasteiger partial charge in [-0.3, -0.25) is 4.99 Å². The zero-order valence-electron chi connectivity index (χ0n) is 14.0. The lowest BCUT2D eigenvalue weighted by molar-refractivity contribution is 0.319. The number of aromatic nitrogens is 2. The Bertz CT molecular complexity index is 579. The van der Waals surface area contributed by atoms with Crippen molar-refractivity contribution in [2.45, 2.75) is 25.7 Å². The molecule has 24 heavy (non-hydrogen) atoms. The molecule has 0 unspecified atom stereocenters. The van der Waals surface area contributed by atoms with Gasteiger partial charge in [-0.2, -0.15) is 5.26 Å². The molecule has 0 radical (unpaired) electrons. The maximum Gasteiger partial charge on any atom is 0.225 e. The van der Waals surface area contributed by atoms with E-state index < -0.39 is 0 Å². The monoisotopic (exact) mass is 327 g/mol.